The first-order chi connectivity index (χ1) is 10.3. The lowest BCUT2D eigenvalue weighted by Gasteiger charge is -2.16. The molecule has 0 fully saturated rings. The molecule has 1 aromatic heterocycles. The Morgan fingerprint density at radius 1 is 1.17 bits per heavy atom. The highest BCUT2D eigenvalue weighted by Gasteiger charge is 2.22. The maximum atomic E-state index is 11.8. The fraction of sp³-hybridized carbons (Fsp3) is 0.267. The lowest BCUT2D eigenvalue weighted by Crippen LogP contribution is -2.45. The summed E-state index contributed by atoms with van der Waals surface area (Å²) in [4.78, 5) is 27.2. The molecular weight excluding hydrogens is 336 g/mol. The van der Waals surface area contributed by atoms with Gasteiger partial charge >= 0.3 is 0 Å². The number of carbonyl (C=O) groups excluding carboxylic acids is 2. The van der Waals surface area contributed by atoms with Gasteiger partial charge in [0.2, 0.25) is 11.8 Å². The Morgan fingerprint density at radius 2 is 1.78 bits per heavy atom. The number of hydrogen-bond acceptors (Lipinski definition) is 5. The van der Waals surface area contributed by atoms with Crippen LogP contribution in [0.5, 0.6) is 0 Å². The molecule has 1 aromatic carbocycles. The average molecular weight is 355 g/mol. The molecule has 2 amide bonds. The number of hydrogen-bond donors (Lipinski definition) is 3. The maximum absolute atomic E-state index is 11.8. The molecular formula is C15H19ClN4O2S. The van der Waals surface area contributed by atoms with Crippen molar-refractivity contribution in [3.63, 3.8) is 0 Å². The van der Waals surface area contributed by atoms with Gasteiger partial charge in [0.15, 0.2) is 5.13 Å². The van der Waals surface area contributed by atoms with Crippen molar-refractivity contribution in [1.29, 1.82) is 0 Å². The summed E-state index contributed by atoms with van der Waals surface area (Å²) in [6.07, 6.45) is 0. The molecule has 23 heavy (non-hydrogen) atoms. The van der Waals surface area contributed by atoms with Crippen molar-refractivity contribution < 1.29 is 9.59 Å². The monoisotopic (exact) mass is 354 g/mol. The smallest absolute Gasteiger partial charge is 0.245 e. The Kier molecular flexibility index (Phi) is 6.26. The Balaban J connectivity index is 0.00000264. The number of nitrogens with one attached hydrogen (secondary N) is 2. The second-order valence-electron chi connectivity index (χ2n) is 5.47. The molecule has 0 atom stereocenters. The van der Waals surface area contributed by atoms with Gasteiger partial charge in [-0.25, -0.2) is 4.98 Å². The second kappa shape index (κ2) is 7.54. The van der Waals surface area contributed by atoms with E-state index in [9.17, 15) is 9.59 Å². The van der Waals surface area contributed by atoms with Crippen molar-refractivity contribution in [2.24, 2.45) is 5.73 Å². The minimum absolute atomic E-state index is 0. The normalized spacial score (nSPS) is 10.6. The van der Waals surface area contributed by atoms with Gasteiger partial charge < -0.3 is 16.4 Å². The zero-order valence-electron chi connectivity index (χ0n) is 13.0. The third-order valence-electron chi connectivity index (χ3n) is 2.81. The lowest BCUT2D eigenvalue weighted by molar-refractivity contribution is -0.120. The van der Waals surface area contributed by atoms with E-state index in [-0.39, 0.29) is 24.2 Å². The molecule has 0 saturated heterocycles. The van der Waals surface area contributed by atoms with Crippen molar-refractivity contribution in [3.8, 4) is 11.3 Å². The molecule has 0 aliphatic heterocycles. The third kappa shape index (κ3) is 5.31. The van der Waals surface area contributed by atoms with Gasteiger partial charge in [-0.1, -0.05) is 12.1 Å². The molecule has 4 N–H and O–H groups in total. The van der Waals surface area contributed by atoms with Gasteiger partial charge in [-0.3, -0.25) is 9.59 Å². The van der Waals surface area contributed by atoms with Gasteiger partial charge in [-0.15, -0.1) is 23.7 Å². The fourth-order valence-corrected chi connectivity index (χ4v) is 2.36. The van der Waals surface area contributed by atoms with Crippen LogP contribution in [-0.4, -0.2) is 22.3 Å². The summed E-state index contributed by atoms with van der Waals surface area (Å²) < 4.78 is 0. The third-order valence-corrected chi connectivity index (χ3v) is 3.57. The Hall–Kier alpha value is -1.96. The Bertz CT molecular complexity index is 692. The second-order valence-corrected chi connectivity index (χ2v) is 6.33. The van der Waals surface area contributed by atoms with Crippen molar-refractivity contribution in [3.05, 3.63) is 29.6 Å². The highest BCUT2D eigenvalue weighted by Crippen LogP contribution is 2.26. The summed E-state index contributed by atoms with van der Waals surface area (Å²) in [6.45, 7) is 4.73. The number of nitrogens with zero attached hydrogens (tertiary/aromatic N) is 1. The van der Waals surface area contributed by atoms with Crippen LogP contribution in [-0.2, 0) is 9.59 Å². The van der Waals surface area contributed by atoms with E-state index < -0.39 is 5.54 Å². The Morgan fingerprint density at radius 3 is 2.30 bits per heavy atom. The summed E-state index contributed by atoms with van der Waals surface area (Å²) in [7, 11) is 0. The van der Waals surface area contributed by atoms with Crippen LogP contribution in [0.25, 0.3) is 11.3 Å². The zero-order valence-corrected chi connectivity index (χ0v) is 14.7. The van der Waals surface area contributed by atoms with Crippen molar-refractivity contribution in [1.82, 2.24) is 4.98 Å². The zero-order chi connectivity index (χ0) is 16.3. The number of benzene rings is 1. The molecule has 6 nitrogen and oxygen atoms in total. The standard InChI is InChI=1S/C15H18N4O2S.ClH/c1-9(20)17-11-6-4-10(5-7-11)12-8-22-14(18-12)19-13(21)15(2,3)16;/h4-8H,16H2,1-3H3,(H,17,20)(H,18,19,21);1H. The molecule has 0 unspecified atom stereocenters. The first kappa shape index (κ1) is 19.1. The van der Waals surface area contributed by atoms with Crippen LogP contribution >= 0.6 is 23.7 Å². The van der Waals surface area contributed by atoms with Crippen LogP contribution in [0.15, 0.2) is 29.6 Å². The number of carbonyl (C=O) groups is 2. The predicted octanol–water partition coefficient (Wildman–Crippen LogP) is 2.87. The fourth-order valence-electron chi connectivity index (χ4n) is 1.65. The number of rotatable bonds is 4. The number of aromatic nitrogens is 1. The van der Waals surface area contributed by atoms with Gasteiger partial charge in [0.05, 0.1) is 11.2 Å². The summed E-state index contributed by atoms with van der Waals surface area (Å²) in [6, 6.07) is 7.33. The summed E-state index contributed by atoms with van der Waals surface area (Å²) in [5.41, 5.74) is 7.16. The van der Waals surface area contributed by atoms with Gasteiger partial charge in [0.1, 0.15) is 0 Å². The molecule has 0 aliphatic carbocycles. The molecule has 0 spiro atoms. The van der Waals surface area contributed by atoms with Crippen molar-refractivity contribution in [2.45, 2.75) is 26.3 Å². The Labute approximate surface area is 144 Å². The van der Waals surface area contributed by atoms with Crippen molar-refractivity contribution >= 4 is 46.4 Å². The highest BCUT2D eigenvalue weighted by atomic mass is 35.5. The van der Waals surface area contributed by atoms with E-state index in [1.54, 1.807) is 26.0 Å². The number of nitrogens with two attached hydrogens (primary N) is 1. The number of anilines is 2. The van der Waals surface area contributed by atoms with Crippen LogP contribution < -0.4 is 16.4 Å². The van der Waals surface area contributed by atoms with E-state index >= 15 is 0 Å². The topological polar surface area (TPSA) is 97.1 Å². The summed E-state index contributed by atoms with van der Waals surface area (Å²) in [5, 5.41) is 7.76. The highest BCUT2D eigenvalue weighted by molar-refractivity contribution is 7.14. The van der Waals surface area contributed by atoms with Gasteiger partial charge in [-0.2, -0.15) is 0 Å². The number of halogens is 1. The van der Waals surface area contributed by atoms with Gasteiger partial charge in [0.25, 0.3) is 0 Å². The van der Waals surface area contributed by atoms with E-state index in [0.717, 1.165) is 16.9 Å². The minimum Gasteiger partial charge on any atom is -0.326 e. The van der Waals surface area contributed by atoms with E-state index in [1.165, 1.54) is 18.3 Å². The molecule has 0 bridgehead atoms. The van der Waals surface area contributed by atoms with Crippen molar-refractivity contribution in [2.75, 3.05) is 10.6 Å². The van der Waals surface area contributed by atoms with Gasteiger partial charge in [0, 0.05) is 23.6 Å². The summed E-state index contributed by atoms with van der Waals surface area (Å²) >= 11 is 1.34. The molecule has 2 rings (SSSR count). The van der Waals surface area contributed by atoms with Gasteiger partial charge in [-0.05, 0) is 26.0 Å². The number of amides is 2. The van der Waals surface area contributed by atoms with E-state index in [4.69, 9.17) is 5.73 Å². The predicted molar refractivity (Wildman–Crippen MR) is 96.0 cm³/mol. The average Bonchev–Trinajstić information content (AvgIpc) is 2.86. The van der Waals surface area contributed by atoms with E-state index in [2.05, 4.69) is 15.6 Å². The SMILES string of the molecule is CC(=O)Nc1ccc(-c2csc(NC(=O)C(C)(C)N)n2)cc1.Cl. The van der Waals surface area contributed by atoms with Crippen LogP contribution in [0.1, 0.15) is 20.8 Å². The quantitative estimate of drug-likeness (QED) is 0.786. The summed E-state index contributed by atoms with van der Waals surface area (Å²) in [5.74, 6) is -0.398. The molecule has 1 heterocycles. The van der Waals surface area contributed by atoms with E-state index in [1.807, 2.05) is 17.5 Å². The van der Waals surface area contributed by atoms with Crippen LogP contribution in [0, 0.1) is 0 Å². The molecule has 0 aliphatic rings. The molecule has 0 saturated carbocycles. The van der Waals surface area contributed by atoms with E-state index in [0.29, 0.717) is 5.13 Å². The first-order valence-corrected chi connectivity index (χ1v) is 7.57. The molecule has 0 radical (unpaired) electrons. The molecule has 124 valence electrons. The number of thiazole rings is 1. The van der Waals surface area contributed by atoms with Crippen LogP contribution in [0.4, 0.5) is 10.8 Å². The maximum Gasteiger partial charge on any atom is 0.245 e. The molecule has 8 heteroatoms. The van der Waals surface area contributed by atoms with Crippen LogP contribution in [0.2, 0.25) is 0 Å². The largest absolute Gasteiger partial charge is 0.326 e. The van der Waals surface area contributed by atoms with Crippen LogP contribution in [0.3, 0.4) is 0 Å². The minimum atomic E-state index is -0.953. The first-order valence-electron chi connectivity index (χ1n) is 6.69. The molecule has 2 aromatic rings. The lowest BCUT2D eigenvalue weighted by atomic mass is 10.1.